The first-order valence-corrected chi connectivity index (χ1v) is 11.4. The molecule has 1 amide bonds. The molecule has 0 unspecified atom stereocenters. The van der Waals surface area contributed by atoms with Crippen LogP contribution in [0.4, 0.5) is 14.5 Å². The van der Waals surface area contributed by atoms with Crippen LogP contribution in [-0.4, -0.2) is 33.0 Å². The van der Waals surface area contributed by atoms with Crippen LogP contribution >= 0.6 is 27.7 Å². The van der Waals surface area contributed by atoms with Crippen molar-refractivity contribution in [2.75, 3.05) is 17.7 Å². The molecule has 0 spiro atoms. The zero-order chi connectivity index (χ0) is 23.3. The van der Waals surface area contributed by atoms with Gasteiger partial charge in [-0.05, 0) is 53.5 Å². The predicted octanol–water partition coefficient (Wildman–Crippen LogP) is 4.87. The average Bonchev–Trinajstić information content (AvgIpc) is 3.08. The van der Waals surface area contributed by atoms with Gasteiger partial charge in [0, 0.05) is 17.6 Å². The fourth-order valence-electron chi connectivity index (χ4n) is 2.71. The number of thioether (sulfide) groups is 1. The third-order valence-corrected chi connectivity index (χ3v) is 5.93. The first-order valence-electron chi connectivity index (χ1n) is 9.60. The number of hydrogen-bond acceptors (Lipinski definition) is 6. The van der Waals surface area contributed by atoms with Gasteiger partial charge in [0.1, 0.15) is 12.4 Å². The minimum atomic E-state index is -0.865. The first-order chi connectivity index (χ1) is 15.3. The van der Waals surface area contributed by atoms with Crippen molar-refractivity contribution < 1.29 is 23.0 Å². The summed E-state index contributed by atoms with van der Waals surface area (Å²) < 4.78 is 40.4. The molecule has 3 aromatic rings. The van der Waals surface area contributed by atoms with Crippen LogP contribution < -0.4 is 14.8 Å². The van der Waals surface area contributed by atoms with Crippen molar-refractivity contribution in [3.8, 4) is 11.5 Å². The molecule has 7 nitrogen and oxygen atoms in total. The molecule has 0 bridgehead atoms. The van der Waals surface area contributed by atoms with Crippen LogP contribution in [0, 0.1) is 18.6 Å². The maximum absolute atomic E-state index is 13.9. The minimum Gasteiger partial charge on any atom is -0.490 e. The molecule has 1 N–H and O–H groups in total. The average molecular weight is 527 g/mol. The van der Waals surface area contributed by atoms with Crippen LogP contribution in [0.15, 0.2) is 40.0 Å². The molecule has 0 aliphatic carbocycles. The van der Waals surface area contributed by atoms with Gasteiger partial charge in [0.25, 0.3) is 0 Å². The highest BCUT2D eigenvalue weighted by Crippen LogP contribution is 2.29. The highest BCUT2D eigenvalue weighted by Gasteiger charge is 2.16. The van der Waals surface area contributed by atoms with Gasteiger partial charge in [-0.1, -0.05) is 17.8 Å². The number of aromatic nitrogens is 3. The van der Waals surface area contributed by atoms with E-state index in [0.717, 1.165) is 23.4 Å². The van der Waals surface area contributed by atoms with Gasteiger partial charge in [0.05, 0.1) is 18.0 Å². The normalized spacial score (nSPS) is 10.8. The lowest BCUT2D eigenvalue weighted by atomic mass is 10.2. The van der Waals surface area contributed by atoms with Crippen molar-refractivity contribution in [3.63, 3.8) is 0 Å². The number of nitrogens with zero attached hydrogens (tertiary/aromatic N) is 3. The molecule has 3 rings (SSSR count). The molecule has 11 heteroatoms. The van der Waals surface area contributed by atoms with Gasteiger partial charge in [-0.3, -0.25) is 4.79 Å². The Morgan fingerprint density at radius 2 is 1.97 bits per heavy atom. The molecule has 0 saturated carbocycles. The number of amides is 1. The van der Waals surface area contributed by atoms with E-state index in [2.05, 4.69) is 31.4 Å². The number of hydrogen-bond donors (Lipinski definition) is 1. The highest BCUT2D eigenvalue weighted by atomic mass is 79.9. The number of benzene rings is 2. The number of carbonyl (C=O) groups excluding carboxylic acids is 1. The number of carbonyl (C=O) groups is 1. The summed E-state index contributed by atoms with van der Waals surface area (Å²) in [7, 11) is 1.76. The van der Waals surface area contributed by atoms with Crippen molar-refractivity contribution in [1.29, 1.82) is 0 Å². The Morgan fingerprint density at radius 3 is 2.69 bits per heavy atom. The number of anilines is 1. The summed E-state index contributed by atoms with van der Waals surface area (Å²) in [5.41, 5.74) is 0.941. The number of halogens is 3. The van der Waals surface area contributed by atoms with Crippen molar-refractivity contribution in [2.24, 2.45) is 7.05 Å². The second-order valence-corrected chi connectivity index (χ2v) is 8.51. The second kappa shape index (κ2) is 10.8. The Bertz CT molecular complexity index is 1100. The van der Waals surface area contributed by atoms with Gasteiger partial charge in [-0.2, -0.15) is 0 Å². The number of ether oxygens (including phenoxy) is 2. The summed E-state index contributed by atoms with van der Waals surface area (Å²) in [4.78, 5) is 12.2. The van der Waals surface area contributed by atoms with Gasteiger partial charge in [-0.15, -0.1) is 10.2 Å². The van der Waals surface area contributed by atoms with E-state index >= 15 is 0 Å². The summed E-state index contributed by atoms with van der Waals surface area (Å²) in [5, 5.41) is 11.1. The molecule has 0 aliphatic rings. The number of rotatable bonds is 9. The molecular formula is C21H21BrF2N4O3S. The number of nitrogens with one attached hydrogen (secondary N) is 1. The number of aryl methyl sites for hydroxylation is 1. The van der Waals surface area contributed by atoms with E-state index in [1.807, 2.05) is 32.0 Å². The van der Waals surface area contributed by atoms with E-state index in [-0.39, 0.29) is 22.5 Å². The smallest absolute Gasteiger partial charge is 0.234 e. The second-order valence-electron chi connectivity index (χ2n) is 6.71. The van der Waals surface area contributed by atoms with Crippen molar-refractivity contribution in [3.05, 3.63) is 57.8 Å². The van der Waals surface area contributed by atoms with Gasteiger partial charge >= 0.3 is 0 Å². The molecule has 0 radical (unpaired) electrons. The highest BCUT2D eigenvalue weighted by molar-refractivity contribution is 9.10. The Hall–Kier alpha value is -2.66. The van der Waals surface area contributed by atoms with E-state index in [0.29, 0.717) is 35.2 Å². The molecule has 2 aromatic carbocycles. The van der Waals surface area contributed by atoms with Crippen LogP contribution in [0.3, 0.4) is 0 Å². The molecule has 0 fully saturated rings. The van der Waals surface area contributed by atoms with Crippen molar-refractivity contribution in [2.45, 2.75) is 25.6 Å². The quantitative estimate of drug-likeness (QED) is 0.400. The molecule has 32 heavy (non-hydrogen) atoms. The van der Waals surface area contributed by atoms with Crippen molar-refractivity contribution >= 4 is 39.3 Å². The fraction of sp³-hybridized carbons (Fsp3) is 0.286. The lowest BCUT2D eigenvalue weighted by Gasteiger charge is -2.12. The summed E-state index contributed by atoms with van der Waals surface area (Å²) in [6.07, 6.45) is 0. The molecule has 1 heterocycles. The molecule has 1 aromatic heterocycles. The monoisotopic (exact) mass is 526 g/mol. The zero-order valence-electron chi connectivity index (χ0n) is 17.6. The van der Waals surface area contributed by atoms with Gasteiger partial charge in [-0.25, -0.2) is 8.78 Å². The molecule has 170 valence electrons. The summed E-state index contributed by atoms with van der Waals surface area (Å²) in [6, 6.07) is 7.44. The zero-order valence-corrected chi connectivity index (χ0v) is 20.0. The van der Waals surface area contributed by atoms with E-state index in [1.54, 1.807) is 11.6 Å². The van der Waals surface area contributed by atoms with Gasteiger partial charge < -0.3 is 19.4 Å². The van der Waals surface area contributed by atoms with Crippen LogP contribution in [0.1, 0.15) is 18.3 Å². The van der Waals surface area contributed by atoms with Gasteiger partial charge in [0.15, 0.2) is 28.3 Å². The van der Waals surface area contributed by atoms with E-state index in [1.165, 1.54) is 0 Å². The standard InChI is InChI=1S/C21H21BrF2N4O3S/c1-4-30-17-7-12(2)5-6-16(17)31-10-18-26-27-21(28(18)3)32-11-19(29)25-20-14(22)8-13(23)9-15(20)24/h5-9H,4,10-11H2,1-3H3,(H,25,29). The SMILES string of the molecule is CCOc1cc(C)ccc1OCc1nnc(SCC(=O)Nc2c(F)cc(F)cc2Br)n1C. The molecule has 0 aliphatic heterocycles. The Kier molecular flexibility index (Phi) is 8.08. The van der Waals surface area contributed by atoms with Crippen LogP contribution in [0.5, 0.6) is 11.5 Å². The Balaban J connectivity index is 1.59. The minimum absolute atomic E-state index is 0.0391. The van der Waals surface area contributed by atoms with Crippen molar-refractivity contribution in [1.82, 2.24) is 14.8 Å². The lowest BCUT2D eigenvalue weighted by molar-refractivity contribution is -0.113. The lowest BCUT2D eigenvalue weighted by Crippen LogP contribution is -2.16. The summed E-state index contributed by atoms with van der Waals surface area (Å²) >= 11 is 4.17. The van der Waals surface area contributed by atoms with Gasteiger partial charge in [0.2, 0.25) is 5.91 Å². The predicted molar refractivity (Wildman–Crippen MR) is 121 cm³/mol. The Labute approximate surface area is 196 Å². The van der Waals surface area contributed by atoms with Crippen LogP contribution in [0.2, 0.25) is 0 Å². The summed E-state index contributed by atoms with van der Waals surface area (Å²) in [6.45, 7) is 4.55. The maximum Gasteiger partial charge on any atom is 0.234 e. The topological polar surface area (TPSA) is 78.3 Å². The van der Waals surface area contributed by atoms with E-state index in [9.17, 15) is 13.6 Å². The van der Waals surface area contributed by atoms with E-state index in [4.69, 9.17) is 9.47 Å². The first kappa shape index (κ1) is 24.0. The molecule has 0 saturated heterocycles. The van der Waals surface area contributed by atoms with Crippen LogP contribution in [0.25, 0.3) is 0 Å². The third-order valence-electron chi connectivity index (χ3n) is 4.28. The maximum atomic E-state index is 13.9. The molecule has 0 atom stereocenters. The molecular weight excluding hydrogens is 506 g/mol. The Morgan fingerprint density at radius 1 is 1.19 bits per heavy atom. The summed E-state index contributed by atoms with van der Waals surface area (Å²) in [5.74, 6) is -0.305. The van der Waals surface area contributed by atoms with E-state index < -0.39 is 17.5 Å². The third kappa shape index (κ3) is 5.98. The largest absolute Gasteiger partial charge is 0.490 e. The fourth-order valence-corrected chi connectivity index (χ4v) is 3.95. The van der Waals surface area contributed by atoms with Crippen LogP contribution in [-0.2, 0) is 18.4 Å².